The number of nitrogens with zero attached hydrogens (tertiary/aromatic N) is 2. The molecular formula is C15H28N2O3. The number of ether oxygens (including phenoxy) is 1. The van der Waals surface area contributed by atoms with Gasteiger partial charge in [0.05, 0.1) is 13.2 Å². The number of ketones is 1. The van der Waals surface area contributed by atoms with Crippen LogP contribution in [0.3, 0.4) is 0 Å². The van der Waals surface area contributed by atoms with Crippen molar-refractivity contribution in [3.8, 4) is 0 Å². The molecule has 1 rings (SSSR count). The molecular weight excluding hydrogens is 256 g/mol. The smallest absolute Gasteiger partial charge is 0.319 e. The third-order valence-electron chi connectivity index (χ3n) is 4.18. The molecule has 0 amide bonds. The van der Waals surface area contributed by atoms with E-state index in [1.165, 1.54) is 0 Å². The highest BCUT2D eigenvalue weighted by Crippen LogP contribution is 2.20. The van der Waals surface area contributed by atoms with Crippen LogP contribution in [0.25, 0.3) is 0 Å². The predicted molar refractivity (Wildman–Crippen MR) is 78.6 cm³/mol. The first-order chi connectivity index (χ1) is 9.32. The summed E-state index contributed by atoms with van der Waals surface area (Å²) in [6.45, 7) is 10.6. The molecule has 1 aliphatic rings. The van der Waals surface area contributed by atoms with Crippen LogP contribution in [-0.2, 0) is 14.3 Å². The van der Waals surface area contributed by atoms with Crippen molar-refractivity contribution in [2.75, 3.05) is 39.8 Å². The van der Waals surface area contributed by atoms with Gasteiger partial charge in [-0.2, -0.15) is 0 Å². The Morgan fingerprint density at radius 3 is 2.45 bits per heavy atom. The Balaban J connectivity index is 2.59. The van der Waals surface area contributed by atoms with Crippen LogP contribution in [0, 0.1) is 5.41 Å². The van der Waals surface area contributed by atoms with Crippen LogP contribution >= 0.6 is 0 Å². The normalized spacial score (nSPS) is 21.8. The molecule has 1 aliphatic heterocycles. The number of piperazine rings is 1. The van der Waals surface area contributed by atoms with Gasteiger partial charge < -0.3 is 9.64 Å². The Morgan fingerprint density at radius 1 is 1.25 bits per heavy atom. The van der Waals surface area contributed by atoms with Gasteiger partial charge in [-0.05, 0) is 34.2 Å². The van der Waals surface area contributed by atoms with Crippen LogP contribution in [-0.4, -0.2) is 67.4 Å². The number of hydrogen-bond donors (Lipinski definition) is 0. The number of carbonyl (C=O) groups is 2. The summed E-state index contributed by atoms with van der Waals surface area (Å²) in [5.74, 6) is -0.485. The van der Waals surface area contributed by atoms with E-state index in [1.807, 2.05) is 0 Å². The Bertz CT molecular complexity index is 355. The lowest BCUT2D eigenvalue weighted by molar-refractivity contribution is -0.158. The molecule has 0 aliphatic carbocycles. The highest BCUT2D eigenvalue weighted by molar-refractivity contribution is 6.03. The van der Waals surface area contributed by atoms with Crippen molar-refractivity contribution in [1.29, 1.82) is 0 Å². The van der Waals surface area contributed by atoms with Gasteiger partial charge in [0.25, 0.3) is 0 Å². The van der Waals surface area contributed by atoms with Crippen molar-refractivity contribution in [3.63, 3.8) is 0 Å². The molecule has 0 aromatic heterocycles. The SMILES string of the molecule is CCOC(=O)C(C)(C)C(=O)CN1CCN(C)C(CC)C1. The Morgan fingerprint density at radius 2 is 1.90 bits per heavy atom. The summed E-state index contributed by atoms with van der Waals surface area (Å²) in [5.41, 5.74) is -1.05. The molecule has 5 heteroatoms. The van der Waals surface area contributed by atoms with Crippen LogP contribution in [0.4, 0.5) is 0 Å². The van der Waals surface area contributed by atoms with E-state index in [0.717, 1.165) is 26.1 Å². The monoisotopic (exact) mass is 284 g/mol. The van der Waals surface area contributed by atoms with E-state index in [9.17, 15) is 9.59 Å². The predicted octanol–water partition coefficient (Wildman–Crippen LogP) is 1.17. The fraction of sp³-hybridized carbons (Fsp3) is 0.867. The fourth-order valence-corrected chi connectivity index (χ4v) is 2.42. The second-order valence-corrected chi connectivity index (χ2v) is 6.05. The van der Waals surface area contributed by atoms with Gasteiger partial charge in [-0.15, -0.1) is 0 Å². The standard InChI is InChI=1S/C15H28N2O3/c1-6-12-10-17(9-8-16(12)5)11-13(18)15(3,4)14(19)20-7-2/h12H,6-11H2,1-5H3. The first-order valence-corrected chi connectivity index (χ1v) is 7.46. The maximum Gasteiger partial charge on any atom is 0.319 e. The minimum atomic E-state index is -1.05. The van der Waals surface area contributed by atoms with E-state index in [-0.39, 0.29) is 5.78 Å². The van der Waals surface area contributed by atoms with Gasteiger partial charge in [-0.3, -0.25) is 14.5 Å². The highest BCUT2D eigenvalue weighted by atomic mass is 16.5. The summed E-state index contributed by atoms with van der Waals surface area (Å²) in [6.07, 6.45) is 1.07. The molecule has 0 N–H and O–H groups in total. The molecule has 1 atom stereocenters. The number of hydrogen-bond acceptors (Lipinski definition) is 5. The van der Waals surface area contributed by atoms with Crippen molar-refractivity contribution >= 4 is 11.8 Å². The molecule has 1 fully saturated rings. The maximum atomic E-state index is 12.4. The lowest BCUT2D eigenvalue weighted by Crippen LogP contribution is -2.53. The van der Waals surface area contributed by atoms with E-state index in [2.05, 4.69) is 23.8 Å². The van der Waals surface area contributed by atoms with Gasteiger partial charge in [0.15, 0.2) is 5.78 Å². The van der Waals surface area contributed by atoms with Crippen LogP contribution in [0.15, 0.2) is 0 Å². The summed E-state index contributed by atoms with van der Waals surface area (Å²) in [7, 11) is 2.12. The van der Waals surface area contributed by atoms with Gasteiger partial charge in [-0.25, -0.2) is 0 Å². The second kappa shape index (κ2) is 7.18. The second-order valence-electron chi connectivity index (χ2n) is 6.05. The molecule has 1 heterocycles. The third kappa shape index (κ3) is 4.03. The maximum absolute atomic E-state index is 12.4. The van der Waals surface area contributed by atoms with Gasteiger partial charge in [0.2, 0.25) is 0 Å². The van der Waals surface area contributed by atoms with Crippen molar-refractivity contribution in [1.82, 2.24) is 9.80 Å². The molecule has 0 bridgehead atoms. The largest absolute Gasteiger partial charge is 0.465 e. The molecule has 5 nitrogen and oxygen atoms in total. The number of carbonyl (C=O) groups excluding carboxylic acids is 2. The molecule has 1 unspecified atom stereocenters. The molecule has 1 saturated heterocycles. The van der Waals surface area contributed by atoms with Gasteiger partial charge in [0, 0.05) is 25.7 Å². The first-order valence-electron chi connectivity index (χ1n) is 7.46. The zero-order chi connectivity index (χ0) is 15.3. The summed E-state index contributed by atoms with van der Waals surface area (Å²) in [6, 6.07) is 0.488. The third-order valence-corrected chi connectivity index (χ3v) is 4.18. The van der Waals surface area contributed by atoms with Crippen molar-refractivity contribution in [3.05, 3.63) is 0 Å². The number of esters is 1. The van der Waals surface area contributed by atoms with Crippen LogP contribution < -0.4 is 0 Å². The van der Waals surface area contributed by atoms with Gasteiger partial charge in [-0.1, -0.05) is 6.92 Å². The quantitative estimate of drug-likeness (QED) is 0.541. The highest BCUT2D eigenvalue weighted by Gasteiger charge is 2.38. The first kappa shape index (κ1) is 17.1. The Labute approximate surface area is 122 Å². The zero-order valence-electron chi connectivity index (χ0n) is 13.4. The molecule has 0 spiro atoms. The zero-order valence-corrected chi connectivity index (χ0v) is 13.4. The average Bonchev–Trinajstić information content (AvgIpc) is 2.41. The fourth-order valence-electron chi connectivity index (χ4n) is 2.42. The minimum Gasteiger partial charge on any atom is -0.465 e. The van der Waals surface area contributed by atoms with Crippen molar-refractivity contribution < 1.29 is 14.3 Å². The number of likely N-dealkylation sites (N-methyl/N-ethyl adjacent to an activating group) is 1. The van der Waals surface area contributed by atoms with Crippen LogP contribution in [0.5, 0.6) is 0 Å². The van der Waals surface area contributed by atoms with Crippen LogP contribution in [0.1, 0.15) is 34.1 Å². The summed E-state index contributed by atoms with van der Waals surface area (Å²) >= 11 is 0. The molecule has 0 aromatic rings. The Kier molecular flexibility index (Phi) is 6.14. The van der Waals surface area contributed by atoms with Gasteiger partial charge in [0.1, 0.15) is 5.41 Å². The van der Waals surface area contributed by atoms with Crippen molar-refractivity contribution in [2.24, 2.45) is 5.41 Å². The lowest BCUT2D eigenvalue weighted by atomic mass is 9.87. The lowest BCUT2D eigenvalue weighted by Gasteiger charge is -2.39. The van der Waals surface area contributed by atoms with E-state index in [0.29, 0.717) is 19.2 Å². The summed E-state index contributed by atoms with van der Waals surface area (Å²) in [4.78, 5) is 28.7. The Hall–Kier alpha value is -0.940. The summed E-state index contributed by atoms with van der Waals surface area (Å²) < 4.78 is 4.99. The molecule has 20 heavy (non-hydrogen) atoms. The van der Waals surface area contributed by atoms with Crippen LogP contribution in [0.2, 0.25) is 0 Å². The molecule has 116 valence electrons. The van der Waals surface area contributed by atoms with E-state index < -0.39 is 11.4 Å². The van der Waals surface area contributed by atoms with E-state index in [1.54, 1.807) is 20.8 Å². The molecule has 0 saturated carbocycles. The number of rotatable bonds is 6. The molecule has 0 aromatic carbocycles. The average molecular weight is 284 g/mol. The number of Topliss-reactive ketones (excluding diaryl/α,β-unsaturated/α-hetero) is 1. The minimum absolute atomic E-state index is 0.0599. The van der Waals surface area contributed by atoms with Crippen molar-refractivity contribution in [2.45, 2.75) is 40.2 Å². The van der Waals surface area contributed by atoms with E-state index >= 15 is 0 Å². The molecule has 0 radical (unpaired) electrons. The summed E-state index contributed by atoms with van der Waals surface area (Å²) in [5, 5.41) is 0. The van der Waals surface area contributed by atoms with E-state index in [4.69, 9.17) is 4.74 Å². The van der Waals surface area contributed by atoms with Gasteiger partial charge >= 0.3 is 5.97 Å². The topological polar surface area (TPSA) is 49.9 Å².